The van der Waals surface area contributed by atoms with E-state index in [4.69, 9.17) is 21.1 Å². The number of nitrogens with zero attached hydrogens (tertiary/aromatic N) is 1. The molecule has 0 heterocycles. The molecule has 0 fully saturated rings. The summed E-state index contributed by atoms with van der Waals surface area (Å²) in [5.74, 6) is -0.694. The summed E-state index contributed by atoms with van der Waals surface area (Å²) in [7, 11) is 0. The van der Waals surface area contributed by atoms with Crippen LogP contribution >= 0.6 is 43.5 Å². The number of nitrogens with one attached hydrogen (secondary N) is 2. The number of hydrogen-bond acceptors (Lipinski definition) is 5. The van der Waals surface area contributed by atoms with Crippen LogP contribution in [-0.2, 0) is 16.2 Å². The van der Waals surface area contributed by atoms with Gasteiger partial charge in [0.15, 0.2) is 11.5 Å². The molecule has 3 aromatic rings. The summed E-state index contributed by atoms with van der Waals surface area (Å²) < 4.78 is 13.2. The smallest absolute Gasteiger partial charge is 0.329 e. The van der Waals surface area contributed by atoms with Crippen LogP contribution < -0.4 is 20.2 Å². The van der Waals surface area contributed by atoms with E-state index >= 15 is 0 Å². The van der Waals surface area contributed by atoms with Crippen LogP contribution in [0.25, 0.3) is 0 Å². The van der Waals surface area contributed by atoms with Gasteiger partial charge in [-0.2, -0.15) is 5.10 Å². The molecule has 182 valence electrons. The summed E-state index contributed by atoms with van der Waals surface area (Å²) in [6.07, 6.45) is 1.41. The summed E-state index contributed by atoms with van der Waals surface area (Å²) >= 11 is 12.9. The Kier molecular flexibility index (Phi) is 9.71. The maximum absolute atomic E-state index is 12.2. The van der Waals surface area contributed by atoms with Crippen LogP contribution in [0.3, 0.4) is 0 Å². The number of ether oxygens (including phenoxy) is 2. The van der Waals surface area contributed by atoms with E-state index in [1.807, 2.05) is 38.1 Å². The molecule has 0 aliphatic carbocycles. The van der Waals surface area contributed by atoms with Gasteiger partial charge >= 0.3 is 11.8 Å². The van der Waals surface area contributed by atoms with Crippen molar-refractivity contribution in [3.63, 3.8) is 0 Å². The molecule has 2 amide bonds. The maximum atomic E-state index is 12.2. The number of hydrazone groups is 1. The highest BCUT2D eigenvalue weighted by molar-refractivity contribution is 9.10. The largest absolute Gasteiger partial charge is 0.490 e. The molecule has 0 saturated heterocycles. The molecule has 0 aliphatic heterocycles. The molecule has 0 atom stereocenters. The number of halogens is 3. The standard InChI is InChI=1S/C25H22Br2ClN3O4/c1-3-34-22-12-17(11-20(27)23(22)35-14-16-5-4-6-19(28)10-16)13-29-31-25(33)24(32)30-21-8-7-18(26)9-15(21)2/h4-13H,3,14H2,1-2H3,(H,30,32)(H,31,33)/b29-13+. The summed E-state index contributed by atoms with van der Waals surface area (Å²) in [6, 6.07) is 16.2. The summed E-state index contributed by atoms with van der Waals surface area (Å²) in [4.78, 5) is 24.3. The van der Waals surface area contributed by atoms with Crippen LogP contribution in [0.1, 0.15) is 23.6 Å². The van der Waals surface area contributed by atoms with Gasteiger partial charge in [-0.15, -0.1) is 0 Å². The molecule has 10 heteroatoms. The highest BCUT2D eigenvalue weighted by Gasteiger charge is 2.15. The number of carbonyl (C=O) groups is 2. The molecule has 3 rings (SSSR count). The molecule has 0 radical (unpaired) electrons. The molecule has 3 aromatic carbocycles. The zero-order valence-electron chi connectivity index (χ0n) is 18.9. The number of hydrogen-bond donors (Lipinski definition) is 2. The zero-order chi connectivity index (χ0) is 25.4. The maximum Gasteiger partial charge on any atom is 0.329 e. The van der Waals surface area contributed by atoms with Gasteiger partial charge in [-0.3, -0.25) is 9.59 Å². The SMILES string of the molecule is CCOc1cc(/C=N/NC(=O)C(=O)Nc2ccc(Br)cc2C)cc(Br)c1OCc1cccc(Cl)c1. The minimum absolute atomic E-state index is 0.301. The van der Waals surface area contributed by atoms with Crippen LogP contribution in [-0.4, -0.2) is 24.6 Å². The Balaban J connectivity index is 1.66. The third-order valence-electron chi connectivity index (χ3n) is 4.63. The van der Waals surface area contributed by atoms with Crippen molar-refractivity contribution in [3.05, 3.63) is 85.3 Å². The topological polar surface area (TPSA) is 89.0 Å². The molecule has 35 heavy (non-hydrogen) atoms. The number of carbonyl (C=O) groups excluding carboxylic acids is 2. The van der Waals surface area contributed by atoms with E-state index in [-0.39, 0.29) is 0 Å². The molecule has 2 N–H and O–H groups in total. The Morgan fingerprint density at radius 2 is 1.86 bits per heavy atom. The fourth-order valence-corrected chi connectivity index (χ4v) is 4.27. The van der Waals surface area contributed by atoms with Gasteiger partial charge in [-0.1, -0.05) is 39.7 Å². The Morgan fingerprint density at radius 1 is 1.06 bits per heavy atom. The average molecular weight is 624 g/mol. The lowest BCUT2D eigenvalue weighted by molar-refractivity contribution is -0.136. The van der Waals surface area contributed by atoms with Crippen LogP contribution in [0.5, 0.6) is 11.5 Å². The number of aryl methyl sites for hydroxylation is 1. The van der Waals surface area contributed by atoms with E-state index < -0.39 is 11.8 Å². The minimum atomic E-state index is -0.894. The van der Waals surface area contributed by atoms with Gasteiger partial charge in [-0.05, 0) is 88.9 Å². The first-order valence-corrected chi connectivity index (χ1v) is 12.5. The number of benzene rings is 3. The zero-order valence-corrected chi connectivity index (χ0v) is 22.8. The van der Waals surface area contributed by atoms with E-state index in [9.17, 15) is 9.59 Å². The molecular weight excluding hydrogens is 602 g/mol. The predicted molar refractivity (Wildman–Crippen MR) is 144 cm³/mol. The van der Waals surface area contributed by atoms with Crippen molar-refractivity contribution in [2.45, 2.75) is 20.5 Å². The minimum Gasteiger partial charge on any atom is -0.490 e. The summed E-state index contributed by atoms with van der Waals surface area (Å²) in [5, 5.41) is 7.08. The van der Waals surface area contributed by atoms with Gasteiger partial charge in [0.2, 0.25) is 0 Å². The fraction of sp³-hybridized carbons (Fsp3) is 0.160. The Labute approximate surface area is 225 Å². The highest BCUT2D eigenvalue weighted by atomic mass is 79.9. The van der Waals surface area contributed by atoms with Gasteiger partial charge in [0.05, 0.1) is 17.3 Å². The molecular formula is C25H22Br2ClN3O4. The fourth-order valence-electron chi connectivity index (χ4n) is 3.01. The van der Waals surface area contributed by atoms with Gasteiger partial charge in [0.1, 0.15) is 6.61 Å². The molecule has 0 aromatic heterocycles. The quantitative estimate of drug-likeness (QED) is 0.177. The predicted octanol–water partition coefficient (Wildman–Crippen LogP) is 6.24. The van der Waals surface area contributed by atoms with E-state index in [0.717, 1.165) is 15.6 Å². The Bertz CT molecular complexity index is 1270. The van der Waals surface area contributed by atoms with E-state index in [1.54, 1.807) is 30.3 Å². The second-order valence-electron chi connectivity index (χ2n) is 7.29. The van der Waals surface area contributed by atoms with Crippen LogP contribution in [0.15, 0.2) is 68.6 Å². The Morgan fingerprint density at radius 3 is 2.57 bits per heavy atom. The monoisotopic (exact) mass is 621 g/mol. The average Bonchev–Trinajstić information content (AvgIpc) is 2.80. The first-order valence-electron chi connectivity index (χ1n) is 10.5. The van der Waals surface area contributed by atoms with E-state index in [0.29, 0.717) is 45.5 Å². The first kappa shape index (κ1) is 26.7. The van der Waals surface area contributed by atoms with Crippen molar-refractivity contribution in [1.82, 2.24) is 5.43 Å². The number of anilines is 1. The lowest BCUT2D eigenvalue weighted by atomic mass is 10.2. The van der Waals surface area contributed by atoms with Crippen LogP contribution in [0.4, 0.5) is 5.69 Å². The van der Waals surface area contributed by atoms with Gasteiger partial charge in [0, 0.05) is 15.2 Å². The van der Waals surface area contributed by atoms with Gasteiger partial charge in [-0.25, -0.2) is 5.43 Å². The second-order valence-corrected chi connectivity index (χ2v) is 9.50. The molecule has 0 saturated carbocycles. The summed E-state index contributed by atoms with van der Waals surface area (Å²) in [6.45, 7) is 4.41. The summed E-state index contributed by atoms with van der Waals surface area (Å²) in [5.41, 5.74) is 5.12. The van der Waals surface area contributed by atoms with E-state index in [2.05, 4.69) is 47.7 Å². The van der Waals surface area contributed by atoms with Crippen molar-refractivity contribution in [2.24, 2.45) is 5.10 Å². The van der Waals surface area contributed by atoms with Crippen molar-refractivity contribution in [2.75, 3.05) is 11.9 Å². The van der Waals surface area contributed by atoms with Crippen molar-refractivity contribution < 1.29 is 19.1 Å². The molecule has 0 spiro atoms. The number of amides is 2. The lowest BCUT2D eigenvalue weighted by Crippen LogP contribution is -2.32. The molecule has 0 bridgehead atoms. The molecule has 0 unspecified atom stereocenters. The van der Waals surface area contributed by atoms with Crippen LogP contribution in [0.2, 0.25) is 5.02 Å². The Hall–Kier alpha value is -2.88. The van der Waals surface area contributed by atoms with Crippen molar-refractivity contribution >= 4 is 67.2 Å². The van der Waals surface area contributed by atoms with Crippen LogP contribution in [0, 0.1) is 6.92 Å². The van der Waals surface area contributed by atoms with Gasteiger partial charge < -0.3 is 14.8 Å². The molecule has 7 nitrogen and oxygen atoms in total. The molecule has 0 aliphatic rings. The number of rotatable bonds is 8. The van der Waals surface area contributed by atoms with E-state index in [1.165, 1.54) is 6.21 Å². The lowest BCUT2D eigenvalue weighted by Gasteiger charge is -2.15. The highest BCUT2D eigenvalue weighted by Crippen LogP contribution is 2.37. The van der Waals surface area contributed by atoms with Gasteiger partial charge in [0.25, 0.3) is 0 Å². The second kappa shape index (κ2) is 12.7. The third kappa shape index (κ3) is 7.81. The van der Waals surface area contributed by atoms with Crippen molar-refractivity contribution in [1.29, 1.82) is 0 Å². The normalized spacial score (nSPS) is 10.8. The van der Waals surface area contributed by atoms with Crippen molar-refractivity contribution in [3.8, 4) is 11.5 Å². The first-order chi connectivity index (χ1) is 16.8. The third-order valence-corrected chi connectivity index (χ3v) is 5.94.